The molecule has 0 unspecified atom stereocenters. The molecule has 0 saturated carbocycles. The van der Waals surface area contributed by atoms with Crippen LogP contribution in [-0.2, 0) is 0 Å². The van der Waals surface area contributed by atoms with Crippen LogP contribution < -0.4 is 5.32 Å². The van der Waals surface area contributed by atoms with E-state index in [0.29, 0.717) is 17.0 Å². The van der Waals surface area contributed by atoms with Gasteiger partial charge in [0.1, 0.15) is 17.0 Å². The molecule has 23 heavy (non-hydrogen) atoms. The second kappa shape index (κ2) is 6.04. The number of benzene rings is 1. The van der Waals surface area contributed by atoms with Crippen molar-refractivity contribution in [1.29, 1.82) is 0 Å². The molecule has 0 aliphatic carbocycles. The van der Waals surface area contributed by atoms with Crippen LogP contribution in [0.2, 0.25) is 0 Å². The van der Waals surface area contributed by atoms with Gasteiger partial charge in [-0.3, -0.25) is 9.78 Å². The van der Waals surface area contributed by atoms with Gasteiger partial charge in [-0.2, -0.15) is 0 Å². The van der Waals surface area contributed by atoms with Crippen LogP contribution >= 0.6 is 0 Å². The highest BCUT2D eigenvalue weighted by molar-refractivity contribution is 6.09. The second-order valence-corrected chi connectivity index (χ2v) is 5.48. The number of carbonyl (C=O) groups excluding carboxylic acids is 1. The van der Waals surface area contributed by atoms with Crippen LogP contribution in [0.4, 0.5) is 5.69 Å². The summed E-state index contributed by atoms with van der Waals surface area (Å²) in [6, 6.07) is 9.58. The number of nitrogens with zero attached hydrogens (tertiary/aromatic N) is 2. The number of anilines is 1. The Hall–Kier alpha value is -2.95. The van der Waals surface area contributed by atoms with Crippen molar-refractivity contribution >= 4 is 11.6 Å². The van der Waals surface area contributed by atoms with Crippen molar-refractivity contribution in [2.45, 2.75) is 20.8 Å². The monoisotopic (exact) mass is 307 g/mol. The molecule has 2 aromatic heterocycles. The molecule has 5 heteroatoms. The van der Waals surface area contributed by atoms with Crippen LogP contribution in [0.1, 0.15) is 27.2 Å². The van der Waals surface area contributed by atoms with Crippen molar-refractivity contribution < 1.29 is 9.32 Å². The van der Waals surface area contributed by atoms with Gasteiger partial charge in [0, 0.05) is 23.6 Å². The SMILES string of the molecule is Cc1ccc(C)c(NC(=O)c2c(-c3cccnc3)noc2C)c1. The highest BCUT2D eigenvalue weighted by Gasteiger charge is 2.22. The van der Waals surface area contributed by atoms with Gasteiger partial charge in [0.2, 0.25) is 0 Å². The van der Waals surface area contributed by atoms with E-state index in [9.17, 15) is 4.79 Å². The predicted octanol–water partition coefficient (Wildman–Crippen LogP) is 3.91. The Morgan fingerprint density at radius 1 is 1.17 bits per heavy atom. The summed E-state index contributed by atoms with van der Waals surface area (Å²) in [5.41, 5.74) is 4.54. The number of rotatable bonds is 3. The van der Waals surface area contributed by atoms with Gasteiger partial charge in [0.15, 0.2) is 0 Å². The van der Waals surface area contributed by atoms with Gasteiger partial charge >= 0.3 is 0 Å². The first-order valence-corrected chi connectivity index (χ1v) is 7.31. The van der Waals surface area contributed by atoms with Crippen molar-refractivity contribution in [3.05, 3.63) is 65.2 Å². The molecular weight excluding hydrogens is 290 g/mol. The largest absolute Gasteiger partial charge is 0.360 e. The number of amides is 1. The Balaban J connectivity index is 1.97. The molecule has 0 radical (unpaired) electrons. The first kappa shape index (κ1) is 15.0. The van der Waals surface area contributed by atoms with Crippen LogP contribution in [-0.4, -0.2) is 16.0 Å². The van der Waals surface area contributed by atoms with Crippen LogP contribution in [0.25, 0.3) is 11.3 Å². The maximum absolute atomic E-state index is 12.7. The fraction of sp³-hybridized carbons (Fsp3) is 0.167. The van der Waals surface area contributed by atoms with Crippen molar-refractivity contribution in [3.63, 3.8) is 0 Å². The lowest BCUT2D eigenvalue weighted by molar-refractivity contribution is 0.102. The standard InChI is InChI=1S/C18H17N3O2/c1-11-6-7-12(2)15(9-11)20-18(22)16-13(3)23-21-17(16)14-5-4-8-19-10-14/h4-10H,1-3H3,(H,20,22). The fourth-order valence-electron chi connectivity index (χ4n) is 2.39. The summed E-state index contributed by atoms with van der Waals surface area (Å²) in [5.74, 6) is 0.239. The molecule has 2 heterocycles. The summed E-state index contributed by atoms with van der Waals surface area (Å²) in [5, 5.41) is 6.96. The molecule has 3 rings (SSSR count). The summed E-state index contributed by atoms with van der Waals surface area (Å²) >= 11 is 0. The van der Waals surface area contributed by atoms with Crippen molar-refractivity contribution in [2.75, 3.05) is 5.32 Å². The highest BCUT2D eigenvalue weighted by Crippen LogP contribution is 2.26. The molecule has 0 saturated heterocycles. The van der Waals surface area contributed by atoms with E-state index in [2.05, 4.69) is 15.5 Å². The summed E-state index contributed by atoms with van der Waals surface area (Å²) in [6.07, 6.45) is 3.33. The van der Waals surface area contributed by atoms with E-state index >= 15 is 0 Å². The van der Waals surface area contributed by atoms with Gasteiger partial charge in [0.25, 0.3) is 5.91 Å². The minimum absolute atomic E-state index is 0.240. The average Bonchev–Trinajstić information content (AvgIpc) is 2.93. The number of hydrogen-bond donors (Lipinski definition) is 1. The van der Waals surface area contributed by atoms with Crippen molar-refractivity contribution in [3.8, 4) is 11.3 Å². The van der Waals surface area contributed by atoms with Gasteiger partial charge in [-0.05, 0) is 50.1 Å². The topological polar surface area (TPSA) is 68.0 Å². The van der Waals surface area contributed by atoms with E-state index in [1.165, 1.54) is 0 Å². The Morgan fingerprint density at radius 3 is 2.74 bits per heavy atom. The minimum atomic E-state index is -0.240. The molecule has 5 nitrogen and oxygen atoms in total. The van der Waals surface area contributed by atoms with Crippen molar-refractivity contribution in [2.24, 2.45) is 0 Å². The summed E-state index contributed by atoms with van der Waals surface area (Å²) in [7, 11) is 0. The van der Waals surface area contributed by atoms with Gasteiger partial charge in [0.05, 0.1) is 0 Å². The van der Waals surface area contributed by atoms with Crippen LogP contribution in [0, 0.1) is 20.8 Å². The quantitative estimate of drug-likeness (QED) is 0.796. The number of aryl methyl sites for hydroxylation is 3. The maximum atomic E-state index is 12.7. The number of hydrogen-bond acceptors (Lipinski definition) is 4. The molecule has 3 aromatic rings. The summed E-state index contributed by atoms with van der Waals surface area (Å²) < 4.78 is 5.22. The fourth-order valence-corrected chi connectivity index (χ4v) is 2.39. The van der Waals surface area contributed by atoms with Gasteiger partial charge in [-0.15, -0.1) is 0 Å². The van der Waals surface area contributed by atoms with Gasteiger partial charge in [-0.1, -0.05) is 17.3 Å². The van der Waals surface area contributed by atoms with Crippen molar-refractivity contribution in [1.82, 2.24) is 10.1 Å². The van der Waals surface area contributed by atoms with E-state index in [1.807, 2.05) is 38.1 Å². The molecule has 0 aliphatic rings. The van der Waals surface area contributed by atoms with Gasteiger partial charge < -0.3 is 9.84 Å². The van der Waals surface area contributed by atoms with Gasteiger partial charge in [-0.25, -0.2) is 0 Å². The molecular formula is C18H17N3O2. The Labute approximate surface area is 134 Å². The lowest BCUT2D eigenvalue weighted by Crippen LogP contribution is -2.14. The number of pyridine rings is 1. The zero-order valence-corrected chi connectivity index (χ0v) is 13.3. The first-order valence-electron chi connectivity index (χ1n) is 7.31. The van der Waals surface area contributed by atoms with E-state index in [4.69, 9.17) is 4.52 Å². The molecule has 116 valence electrons. The number of aromatic nitrogens is 2. The van der Waals surface area contributed by atoms with E-state index in [0.717, 1.165) is 22.4 Å². The molecule has 1 amide bonds. The van der Waals surface area contributed by atoms with Crippen LogP contribution in [0.5, 0.6) is 0 Å². The Kier molecular flexibility index (Phi) is 3.93. The normalized spacial score (nSPS) is 10.6. The number of carbonyl (C=O) groups is 1. The summed E-state index contributed by atoms with van der Waals surface area (Å²) in [4.78, 5) is 16.8. The molecule has 0 spiro atoms. The Morgan fingerprint density at radius 2 is 2.00 bits per heavy atom. The third-order valence-electron chi connectivity index (χ3n) is 3.67. The van der Waals surface area contributed by atoms with E-state index < -0.39 is 0 Å². The zero-order valence-electron chi connectivity index (χ0n) is 13.3. The average molecular weight is 307 g/mol. The first-order chi connectivity index (χ1) is 11.1. The Bertz CT molecular complexity index is 854. The third kappa shape index (κ3) is 2.99. The number of nitrogens with one attached hydrogen (secondary N) is 1. The van der Waals surface area contributed by atoms with Crippen LogP contribution in [0.15, 0.2) is 47.2 Å². The maximum Gasteiger partial charge on any atom is 0.261 e. The van der Waals surface area contributed by atoms with E-state index in [-0.39, 0.29) is 5.91 Å². The second-order valence-electron chi connectivity index (χ2n) is 5.48. The lowest BCUT2D eigenvalue weighted by atomic mass is 10.1. The third-order valence-corrected chi connectivity index (χ3v) is 3.67. The molecule has 1 N–H and O–H groups in total. The lowest BCUT2D eigenvalue weighted by Gasteiger charge is -2.09. The predicted molar refractivity (Wildman–Crippen MR) is 88.3 cm³/mol. The molecule has 1 aromatic carbocycles. The zero-order chi connectivity index (χ0) is 16.4. The molecule has 0 bridgehead atoms. The molecule has 0 atom stereocenters. The molecule has 0 fully saturated rings. The van der Waals surface area contributed by atoms with E-state index in [1.54, 1.807) is 25.4 Å². The highest BCUT2D eigenvalue weighted by atomic mass is 16.5. The van der Waals surface area contributed by atoms with Crippen LogP contribution in [0.3, 0.4) is 0 Å². The smallest absolute Gasteiger partial charge is 0.261 e. The summed E-state index contributed by atoms with van der Waals surface area (Å²) in [6.45, 7) is 5.67. The molecule has 0 aliphatic heterocycles. The minimum Gasteiger partial charge on any atom is -0.360 e.